The first-order valence-electron chi connectivity index (χ1n) is 10.8. The molecule has 10 nitrogen and oxygen atoms in total. The number of imidazole rings is 1. The summed E-state index contributed by atoms with van der Waals surface area (Å²) in [7, 11) is 0. The van der Waals surface area contributed by atoms with Gasteiger partial charge in [-0.05, 0) is 25.8 Å². The molecule has 0 aliphatic carbocycles. The van der Waals surface area contributed by atoms with Gasteiger partial charge < -0.3 is 15.2 Å². The van der Waals surface area contributed by atoms with Gasteiger partial charge in [0.1, 0.15) is 16.7 Å². The summed E-state index contributed by atoms with van der Waals surface area (Å²) in [5.74, 6) is 6.61. The monoisotopic (exact) mass is 445 g/mol. The van der Waals surface area contributed by atoms with E-state index in [9.17, 15) is 9.59 Å². The highest BCUT2D eigenvalue weighted by Gasteiger charge is 2.24. The van der Waals surface area contributed by atoms with E-state index in [1.165, 1.54) is 4.68 Å². The highest BCUT2D eigenvalue weighted by molar-refractivity contribution is 5.83. The average Bonchev–Trinajstić information content (AvgIpc) is 3.20. The summed E-state index contributed by atoms with van der Waals surface area (Å²) in [4.78, 5) is 32.3. The molecule has 0 spiro atoms. The van der Waals surface area contributed by atoms with E-state index in [-0.39, 0.29) is 18.1 Å². The molecule has 1 aromatic carbocycles. The molecule has 5 rings (SSSR count). The lowest BCUT2D eigenvalue weighted by Crippen LogP contribution is -2.44. The molecular weight excluding hydrogens is 422 g/mol. The average molecular weight is 445 g/mol. The number of piperidine rings is 1. The van der Waals surface area contributed by atoms with Crippen LogP contribution < -0.4 is 21.8 Å². The molecule has 1 fully saturated rings. The van der Waals surface area contributed by atoms with Gasteiger partial charge in [-0.1, -0.05) is 29.3 Å². The van der Waals surface area contributed by atoms with Crippen LogP contribution in [0.15, 0.2) is 44.6 Å². The molecule has 10 heteroatoms. The van der Waals surface area contributed by atoms with Crippen molar-refractivity contribution in [3.63, 3.8) is 0 Å². The lowest BCUT2D eigenvalue weighted by Gasteiger charge is -2.31. The highest BCUT2D eigenvalue weighted by atomic mass is 16.5. The molecule has 1 saturated heterocycles. The van der Waals surface area contributed by atoms with Crippen molar-refractivity contribution in [3.05, 3.63) is 56.9 Å². The summed E-state index contributed by atoms with van der Waals surface area (Å²) in [6.45, 7) is 3.62. The number of anilines is 1. The second kappa shape index (κ2) is 8.52. The van der Waals surface area contributed by atoms with E-state index in [1.54, 1.807) is 37.4 Å². The molecule has 4 aromatic rings. The van der Waals surface area contributed by atoms with E-state index in [0.29, 0.717) is 46.5 Å². The largest absolute Gasteiger partial charge is 0.366 e. The summed E-state index contributed by atoms with van der Waals surface area (Å²) >= 11 is 0. The maximum atomic E-state index is 13.5. The standard InChI is InChI=1S/C23H23N7O3/c1-2-3-11-29-20-18(26-23(29)28-10-6-7-15(24)13-28)12-25-30(21(20)31)14-19-16-8-4-5-9-17(16)22(32)33-27-19/h4-5,8-9,12,15H,6-7,10-11,13-14,24H2,1H3. The van der Waals surface area contributed by atoms with Crippen LogP contribution in [0.4, 0.5) is 5.95 Å². The zero-order valence-corrected chi connectivity index (χ0v) is 18.2. The molecule has 1 aliphatic rings. The summed E-state index contributed by atoms with van der Waals surface area (Å²) in [5, 5.41) is 9.27. The summed E-state index contributed by atoms with van der Waals surface area (Å²) < 4.78 is 8.08. The Morgan fingerprint density at radius 1 is 1.24 bits per heavy atom. The minimum absolute atomic E-state index is 0.0492. The first-order valence-corrected chi connectivity index (χ1v) is 10.8. The smallest absolute Gasteiger partial charge is 0.341 e. The van der Waals surface area contributed by atoms with Gasteiger partial charge in [-0.15, -0.1) is 5.92 Å². The quantitative estimate of drug-likeness (QED) is 0.463. The fraction of sp³-hybridized carbons (Fsp3) is 0.348. The first-order chi connectivity index (χ1) is 16.1. The van der Waals surface area contributed by atoms with Crippen molar-refractivity contribution in [3.8, 4) is 11.8 Å². The minimum atomic E-state index is -0.522. The van der Waals surface area contributed by atoms with E-state index in [0.717, 1.165) is 19.4 Å². The van der Waals surface area contributed by atoms with Crippen LogP contribution in [0.25, 0.3) is 21.8 Å². The molecule has 4 heterocycles. The zero-order chi connectivity index (χ0) is 22.9. The van der Waals surface area contributed by atoms with Gasteiger partial charge in [0.2, 0.25) is 5.95 Å². The van der Waals surface area contributed by atoms with Gasteiger partial charge in [0.05, 0.1) is 24.7 Å². The molecule has 0 bridgehead atoms. The Labute approximate surface area is 188 Å². The minimum Gasteiger partial charge on any atom is -0.341 e. The van der Waals surface area contributed by atoms with Crippen molar-refractivity contribution >= 4 is 27.8 Å². The molecule has 1 unspecified atom stereocenters. The third-order valence-corrected chi connectivity index (χ3v) is 5.88. The molecule has 33 heavy (non-hydrogen) atoms. The van der Waals surface area contributed by atoms with Gasteiger partial charge in [-0.25, -0.2) is 14.5 Å². The molecule has 1 aliphatic heterocycles. The van der Waals surface area contributed by atoms with Crippen LogP contribution in [0.2, 0.25) is 0 Å². The second-order valence-electron chi connectivity index (χ2n) is 8.08. The molecule has 2 N–H and O–H groups in total. The fourth-order valence-electron chi connectivity index (χ4n) is 4.29. The lowest BCUT2D eigenvalue weighted by atomic mass is 10.1. The van der Waals surface area contributed by atoms with Crippen LogP contribution in [-0.2, 0) is 13.1 Å². The van der Waals surface area contributed by atoms with Gasteiger partial charge >= 0.3 is 5.63 Å². The maximum Gasteiger partial charge on any atom is 0.366 e. The van der Waals surface area contributed by atoms with E-state index in [1.807, 2.05) is 4.57 Å². The summed E-state index contributed by atoms with van der Waals surface area (Å²) in [6.07, 6.45) is 3.50. The summed E-state index contributed by atoms with van der Waals surface area (Å²) in [5.41, 5.74) is 6.71. The normalized spacial score (nSPS) is 16.2. The van der Waals surface area contributed by atoms with Gasteiger partial charge in [0, 0.05) is 24.5 Å². The topological polar surface area (TPSA) is 125 Å². The molecule has 1 atom stereocenters. The molecule has 0 amide bonds. The highest BCUT2D eigenvalue weighted by Crippen LogP contribution is 2.23. The third kappa shape index (κ3) is 3.76. The number of hydrogen-bond donors (Lipinski definition) is 1. The van der Waals surface area contributed by atoms with Gasteiger partial charge in [-0.3, -0.25) is 9.36 Å². The van der Waals surface area contributed by atoms with E-state index < -0.39 is 5.63 Å². The van der Waals surface area contributed by atoms with Gasteiger partial charge in [0.25, 0.3) is 5.56 Å². The number of rotatable bonds is 4. The van der Waals surface area contributed by atoms with Crippen molar-refractivity contribution in [2.45, 2.75) is 38.9 Å². The van der Waals surface area contributed by atoms with Crippen molar-refractivity contribution in [2.75, 3.05) is 18.0 Å². The Balaban J connectivity index is 1.63. The van der Waals surface area contributed by atoms with Gasteiger partial charge in [-0.2, -0.15) is 5.10 Å². The van der Waals surface area contributed by atoms with Crippen LogP contribution in [0.5, 0.6) is 0 Å². The summed E-state index contributed by atoms with van der Waals surface area (Å²) in [6, 6.07) is 7.06. The zero-order valence-electron chi connectivity index (χ0n) is 18.2. The van der Waals surface area contributed by atoms with Crippen LogP contribution in [0.3, 0.4) is 0 Å². The van der Waals surface area contributed by atoms with Crippen molar-refractivity contribution in [2.24, 2.45) is 5.73 Å². The van der Waals surface area contributed by atoms with Crippen LogP contribution in [0, 0.1) is 11.8 Å². The predicted molar refractivity (Wildman–Crippen MR) is 124 cm³/mol. The Morgan fingerprint density at radius 2 is 2.06 bits per heavy atom. The van der Waals surface area contributed by atoms with E-state index >= 15 is 0 Å². The Hall–Kier alpha value is -3.97. The van der Waals surface area contributed by atoms with E-state index in [4.69, 9.17) is 15.2 Å². The predicted octanol–water partition coefficient (Wildman–Crippen LogP) is 1.09. The first kappa shape index (κ1) is 20.9. The lowest BCUT2D eigenvalue weighted by molar-refractivity contribution is 0.362. The fourth-order valence-corrected chi connectivity index (χ4v) is 4.29. The van der Waals surface area contributed by atoms with Crippen LogP contribution in [0.1, 0.15) is 25.5 Å². The number of benzene rings is 1. The number of nitrogens with zero attached hydrogens (tertiary/aromatic N) is 6. The molecule has 0 radical (unpaired) electrons. The Kier molecular flexibility index (Phi) is 5.40. The van der Waals surface area contributed by atoms with Crippen molar-refractivity contribution in [1.29, 1.82) is 0 Å². The van der Waals surface area contributed by atoms with E-state index in [2.05, 4.69) is 27.0 Å². The maximum absolute atomic E-state index is 13.5. The van der Waals surface area contributed by atoms with Crippen LogP contribution >= 0.6 is 0 Å². The molecule has 168 valence electrons. The van der Waals surface area contributed by atoms with Crippen molar-refractivity contribution < 1.29 is 4.52 Å². The van der Waals surface area contributed by atoms with Gasteiger partial charge in [0.15, 0.2) is 0 Å². The number of nitrogens with two attached hydrogens (primary N) is 1. The Bertz CT molecular complexity index is 1520. The van der Waals surface area contributed by atoms with Crippen molar-refractivity contribution in [1.82, 2.24) is 24.5 Å². The second-order valence-corrected chi connectivity index (χ2v) is 8.08. The molecule has 3 aromatic heterocycles. The molecule has 0 saturated carbocycles. The molecular formula is C23H23N7O3. The Morgan fingerprint density at radius 3 is 2.85 bits per heavy atom. The third-order valence-electron chi connectivity index (χ3n) is 5.88. The van der Waals surface area contributed by atoms with Crippen LogP contribution in [-0.4, -0.2) is 43.6 Å². The SMILES string of the molecule is CC#CCn1c(N2CCCC(N)C2)nc2cnn(Cc3noc(=O)c4ccccc34)c(=O)c21. The number of aromatic nitrogens is 5. The number of hydrogen-bond acceptors (Lipinski definition) is 8. The number of fused-ring (bicyclic) bond motifs is 2.